The van der Waals surface area contributed by atoms with Crippen molar-refractivity contribution in [3.05, 3.63) is 82.1 Å². The Balaban J connectivity index is 0.00000176. The molecular formula is C17H13Cl2NO2. The number of carbonyl (C=O) groups is 1. The first-order valence-electron chi connectivity index (χ1n) is 6.48. The van der Waals surface area contributed by atoms with Crippen molar-refractivity contribution in [2.45, 2.75) is 0 Å². The van der Waals surface area contributed by atoms with Gasteiger partial charge in [-0.3, -0.25) is 9.79 Å². The lowest BCUT2D eigenvalue weighted by Crippen LogP contribution is -2.09. The van der Waals surface area contributed by atoms with E-state index in [4.69, 9.17) is 11.6 Å². The predicted molar refractivity (Wildman–Crippen MR) is 90.7 cm³/mol. The molecule has 0 saturated carbocycles. The van der Waals surface area contributed by atoms with Crippen LogP contribution in [0.5, 0.6) is 0 Å². The highest BCUT2D eigenvalue weighted by Crippen LogP contribution is 2.25. The van der Waals surface area contributed by atoms with Crippen molar-refractivity contribution >= 4 is 35.5 Å². The first-order valence-corrected chi connectivity index (χ1v) is 6.86. The van der Waals surface area contributed by atoms with Crippen LogP contribution in [0.2, 0.25) is 5.02 Å². The number of fused-ring (bicyclic) bond motifs is 1. The van der Waals surface area contributed by atoms with E-state index in [9.17, 15) is 9.90 Å². The van der Waals surface area contributed by atoms with Gasteiger partial charge in [0, 0.05) is 21.7 Å². The molecule has 2 aromatic rings. The first-order chi connectivity index (χ1) is 10.2. The van der Waals surface area contributed by atoms with Gasteiger partial charge in [-0.1, -0.05) is 41.9 Å². The monoisotopic (exact) mass is 333 g/mol. The van der Waals surface area contributed by atoms with Gasteiger partial charge in [0.1, 0.15) is 0 Å². The molecule has 0 unspecified atom stereocenters. The van der Waals surface area contributed by atoms with E-state index in [-0.39, 0.29) is 30.3 Å². The van der Waals surface area contributed by atoms with E-state index < -0.39 is 0 Å². The number of aliphatic hydroxyl groups excluding tert-OH is 1. The summed E-state index contributed by atoms with van der Waals surface area (Å²) in [6, 6.07) is 14.7. The van der Waals surface area contributed by atoms with Crippen molar-refractivity contribution < 1.29 is 9.90 Å². The van der Waals surface area contributed by atoms with Crippen molar-refractivity contribution in [2.75, 3.05) is 6.54 Å². The topological polar surface area (TPSA) is 49.7 Å². The molecule has 1 N–H and O–H groups in total. The molecule has 0 aromatic heterocycles. The van der Waals surface area contributed by atoms with Crippen LogP contribution in [0.4, 0.5) is 0 Å². The average molecular weight is 334 g/mol. The van der Waals surface area contributed by atoms with E-state index in [2.05, 4.69) is 4.99 Å². The molecule has 0 saturated heterocycles. The minimum Gasteiger partial charge on any atom is -0.515 e. The number of nitrogens with zero attached hydrogens (tertiary/aromatic N) is 1. The SMILES string of the molecule is Cl.O=C1/C(=C/O)CN=C(c2ccccc2)c2cc(Cl)ccc21. The fourth-order valence-corrected chi connectivity index (χ4v) is 2.52. The van der Waals surface area contributed by atoms with Gasteiger partial charge in [-0.2, -0.15) is 0 Å². The third-order valence-corrected chi connectivity index (χ3v) is 3.62. The zero-order valence-corrected chi connectivity index (χ0v) is 13.1. The van der Waals surface area contributed by atoms with E-state index in [1.807, 2.05) is 30.3 Å². The number of aliphatic imine (C=N–C) groups is 1. The molecule has 0 spiro atoms. The fourth-order valence-electron chi connectivity index (χ4n) is 2.35. The maximum Gasteiger partial charge on any atom is 0.194 e. The minimum absolute atomic E-state index is 0. The van der Waals surface area contributed by atoms with Crippen LogP contribution in [0.15, 0.2) is 65.4 Å². The molecule has 0 fully saturated rings. The number of ketones is 1. The Morgan fingerprint density at radius 3 is 2.50 bits per heavy atom. The summed E-state index contributed by atoms with van der Waals surface area (Å²) in [6.45, 7) is 0.145. The van der Waals surface area contributed by atoms with Crippen LogP contribution in [0.1, 0.15) is 21.5 Å². The van der Waals surface area contributed by atoms with Crippen molar-refractivity contribution in [1.82, 2.24) is 0 Å². The zero-order valence-electron chi connectivity index (χ0n) is 11.5. The number of aliphatic hydroxyl groups is 1. The van der Waals surface area contributed by atoms with E-state index in [1.165, 1.54) is 0 Å². The molecule has 3 rings (SSSR count). The smallest absolute Gasteiger partial charge is 0.194 e. The minimum atomic E-state index is -0.223. The number of Topliss-reactive ketones (excluding diaryl/α,β-unsaturated/α-hetero) is 1. The Morgan fingerprint density at radius 2 is 1.82 bits per heavy atom. The summed E-state index contributed by atoms with van der Waals surface area (Å²) in [7, 11) is 0. The van der Waals surface area contributed by atoms with Gasteiger partial charge in [-0.25, -0.2) is 0 Å². The molecular weight excluding hydrogens is 321 g/mol. The normalized spacial score (nSPS) is 15.6. The number of carbonyl (C=O) groups excluding carboxylic acids is 1. The van der Waals surface area contributed by atoms with Crippen LogP contribution in [0, 0.1) is 0 Å². The summed E-state index contributed by atoms with van der Waals surface area (Å²) in [5.41, 5.74) is 3.08. The van der Waals surface area contributed by atoms with Gasteiger partial charge in [-0.15, -0.1) is 12.4 Å². The lowest BCUT2D eigenvalue weighted by molar-refractivity contribution is 0.103. The summed E-state index contributed by atoms with van der Waals surface area (Å²) in [4.78, 5) is 16.9. The molecule has 0 aliphatic carbocycles. The molecule has 5 heteroatoms. The predicted octanol–water partition coefficient (Wildman–Crippen LogP) is 4.24. The Labute approximate surface area is 139 Å². The molecule has 1 aliphatic rings. The second-order valence-electron chi connectivity index (χ2n) is 4.70. The zero-order chi connectivity index (χ0) is 14.8. The average Bonchev–Trinajstić information content (AvgIpc) is 2.65. The molecule has 112 valence electrons. The van der Waals surface area contributed by atoms with Crippen molar-refractivity contribution in [3.63, 3.8) is 0 Å². The summed E-state index contributed by atoms with van der Waals surface area (Å²) in [5.74, 6) is -0.223. The molecule has 1 aliphatic heterocycles. The van der Waals surface area contributed by atoms with Crippen LogP contribution in [0.25, 0.3) is 0 Å². The molecule has 3 nitrogen and oxygen atoms in total. The first kappa shape index (κ1) is 16.3. The highest BCUT2D eigenvalue weighted by atomic mass is 35.5. The molecule has 0 atom stereocenters. The maximum atomic E-state index is 12.4. The molecule has 0 bridgehead atoms. The van der Waals surface area contributed by atoms with Crippen LogP contribution in [-0.4, -0.2) is 23.1 Å². The van der Waals surface area contributed by atoms with Gasteiger partial charge in [0.15, 0.2) is 5.78 Å². The Kier molecular flexibility index (Phi) is 5.01. The number of hydrogen-bond acceptors (Lipinski definition) is 3. The van der Waals surface area contributed by atoms with Crippen LogP contribution in [0.3, 0.4) is 0 Å². The van der Waals surface area contributed by atoms with E-state index >= 15 is 0 Å². The number of hydrogen-bond donors (Lipinski definition) is 1. The van der Waals surface area contributed by atoms with Gasteiger partial charge in [0.2, 0.25) is 0 Å². The van der Waals surface area contributed by atoms with Gasteiger partial charge in [0.25, 0.3) is 0 Å². The van der Waals surface area contributed by atoms with Crippen molar-refractivity contribution in [2.24, 2.45) is 4.99 Å². The Bertz CT molecular complexity index is 767. The van der Waals surface area contributed by atoms with Crippen LogP contribution < -0.4 is 0 Å². The summed E-state index contributed by atoms with van der Waals surface area (Å²) in [5, 5.41) is 9.79. The second-order valence-corrected chi connectivity index (χ2v) is 5.14. The summed E-state index contributed by atoms with van der Waals surface area (Å²) in [6.07, 6.45) is 0.832. The van der Waals surface area contributed by atoms with Crippen LogP contribution in [-0.2, 0) is 0 Å². The van der Waals surface area contributed by atoms with E-state index in [0.717, 1.165) is 11.8 Å². The number of rotatable bonds is 1. The van der Waals surface area contributed by atoms with Gasteiger partial charge in [0.05, 0.1) is 24.1 Å². The summed E-state index contributed by atoms with van der Waals surface area (Å²) >= 11 is 6.07. The highest BCUT2D eigenvalue weighted by Gasteiger charge is 2.23. The molecule has 0 amide bonds. The number of halogens is 2. The lowest BCUT2D eigenvalue weighted by atomic mass is 9.94. The highest BCUT2D eigenvalue weighted by molar-refractivity contribution is 6.32. The fraction of sp³-hybridized carbons (Fsp3) is 0.0588. The molecule has 2 aromatic carbocycles. The molecule has 0 radical (unpaired) electrons. The van der Waals surface area contributed by atoms with Gasteiger partial charge < -0.3 is 5.11 Å². The maximum absolute atomic E-state index is 12.4. The second kappa shape index (κ2) is 6.77. The van der Waals surface area contributed by atoms with Crippen molar-refractivity contribution in [1.29, 1.82) is 0 Å². The number of benzene rings is 2. The third kappa shape index (κ3) is 2.91. The molecule has 22 heavy (non-hydrogen) atoms. The van der Waals surface area contributed by atoms with Crippen molar-refractivity contribution in [3.8, 4) is 0 Å². The third-order valence-electron chi connectivity index (χ3n) is 3.38. The van der Waals surface area contributed by atoms with E-state index in [1.54, 1.807) is 18.2 Å². The van der Waals surface area contributed by atoms with Gasteiger partial charge >= 0.3 is 0 Å². The van der Waals surface area contributed by atoms with E-state index in [0.29, 0.717) is 21.9 Å². The lowest BCUT2D eigenvalue weighted by Gasteiger charge is -2.09. The standard InChI is InChI=1S/C17H12ClNO2.ClH/c18-13-6-7-14-15(8-13)16(11-4-2-1-3-5-11)19-9-12(10-20)17(14)21;/h1-8,10,20H,9H2;1H/b12-10+;. The van der Waals surface area contributed by atoms with Crippen LogP contribution >= 0.6 is 24.0 Å². The van der Waals surface area contributed by atoms with Gasteiger partial charge in [-0.05, 0) is 18.2 Å². The largest absolute Gasteiger partial charge is 0.515 e. The quantitative estimate of drug-likeness (QED) is 0.626. The summed E-state index contributed by atoms with van der Waals surface area (Å²) < 4.78 is 0. The Morgan fingerprint density at radius 1 is 1.09 bits per heavy atom. The molecule has 1 heterocycles. The Hall–Kier alpha value is -2.10.